The number of benzene rings is 1. The van der Waals surface area contributed by atoms with Crippen LogP contribution in [-0.2, 0) is 6.42 Å². The van der Waals surface area contributed by atoms with Gasteiger partial charge in [0.15, 0.2) is 0 Å². The zero-order valence-corrected chi connectivity index (χ0v) is 11.8. The summed E-state index contributed by atoms with van der Waals surface area (Å²) in [5.41, 5.74) is 5.88. The number of hydrogen-bond acceptors (Lipinski definition) is 1. The molecule has 1 saturated heterocycles. The molecule has 2 atom stereocenters. The monoisotopic (exact) mass is 264 g/mol. The van der Waals surface area contributed by atoms with Gasteiger partial charge in [-0.3, -0.25) is 4.90 Å². The molecule has 0 amide bonds. The minimum atomic E-state index is 0.658. The number of piperidine rings is 1. The fourth-order valence-electron chi connectivity index (χ4n) is 4.90. The Morgan fingerprint density at radius 1 is 1.15 bits per heavy atom. The van der Waals surface area contributed by atoms with Crippen molar-refractivity contribution >= 4 is 16.6 Å². The topological polar surface area (TPSA) is 8.17 Å². The minimum absolute atomic E-state index is 0.658. The maximum Gasteiger partial charge on any atom is 0.0539 e. The van der Waals surface area contributed by atoms with Crippen LogP contribution < -0.4 is 0 Å². The van der Waals surface area contributed by atoms with Crippen molar-refractivity contribution in [3.63, 3.8) is 0 Å². The SMILES string of the molecule is C=C1C[C@@H]2CCCN3CCc4c(n1c1ccccc41)[C@@H]23. The predicted molar refractivity (Wildman–Crippen MR) is 82.6 cm³/mol. The molecule has 0 spiro atoms. The first-order valence-electron chi connectivity index (χ1n) is 7.89. The van der Waals surface area contributed by atoms with Gasteiger partial charge in [-0.2, -0.15) is 0 Å². The molecule has 0 bridgehead atoms. The number of allylic oxidation sites excluding steroid dienone is 1. The quantitative estimate of drug-likeness (QED) is 0.702. The lowest BCUT2D eigenvalue weighted by Crippen LogP contribution is -2.45. The number of aromatic nitrogens is 1. The number of para-hydroxylation sites is 1. The van der Waals surface area contributed by atoms with Crippen molar-refractivity contribution in [1.29, 1.82) is 0 Å². The smallest absolute Gasteiger partial charge is 0.0539 e. The molecule has 1 aromatic carbocycles. The van der Waals surface area contributed by atoms with Crippen molar-refractivity contribution < 1.29 is 0 Å². The average molecular weight is 264 g/mol. The summed E-state index contributed by atoms with van der Waals surface area (Å²) in [6.45, 7) is 6.93. The number of rotatable bonds is 0. The van der Waals surface area contributed by atoms with Gasteiger partial charge in [0.05, 0.1) is 11.6 Å². The van der Waals surface area contributed by atoms with Gasteiger partial charge in [-0.15, -0.1) is 0 Å². The Bertz CT molecular complexity index is 724. The van der Waals surface area contributed by atoms with Crippen LogP contribution in [0.25, 0.3) is 16.6 Å². The second kappa shape index (κ2) is 3.76. The lowest BCUT2D eigenvalue weighted by molar-refractivity contribution is 0.0748. The highest BCUT2D eigenvalue weighted by molar-refractivity contribution is 5.89. The third-order valence-corrected chi connectivity index (χ3v) is 5.62. The highest BCUT2D eigenvalue weighted by atomic mass is 15.2. The third-order valence-electron chi connectivity index (χ3n) is 5.62. The van der Waals surface area contributed by atoms with E-state index in [0.717, 1.165) is 5.92 Å². The molecule has 3 aliphatic heterocycles. The molecule has 0 N–H and O–H groups in total. The van der Waals surface area contributed by atoms with Crippen LogP contribution >= 0.6 is 0 Å². The molecule has 0 saturated carbocycles. The molecule has 0 aliphatic carbocycles. The van der Waals surface area contributed by atoms with Crippen molar-refractivity contribution in [2.45, 2.75) is 31.7 Å². The maximum absolute atomic E-state index is 4.40. The van der Waals surface area contributed by atoms with Gasteiger partial charge in [0.2, 0.25) is 0 Å². The van der Waals surface area contributed by atoms with E-state index in [1.54, 1.807) is 11.3 Å². The predicted octanol–water partition coefficient (Wildman–Crippen LogP) is 3.82. The molecule has 4 heterocycles. The van der Waals surface area contributed by atoms with Crippen molar-refractivity contribution in [1.82, 2.24) is 9.47 Å². The van der Waals surface area contributed by atoms with Crippen molar-refractivity contribution in [2.75, 3.05) is 13.1 Å². The summed E-state index contributed by atoms with van der Waals surface area (Å²) in [6, 6.07) is 9.57. The van der Waals surface area contributed by atoms with E-state index in [4.69, 9.17) is 0 Å². The Morgan fingerprint density at radius 2 is 2.05 bits per heavy atom. The van der Waals surface area contributed by atoms with Crippen LogP contribution in [0.15, 0.2) is 30.8 Å². The number of nitrogens with zero attached hydrogens (tertiary/aromatic N) is 2. The lowest BCUT2D eigenvalue weighted by Gasteiger charge is -2.48. The van der Waals surface area contributed by atoms with E-state index in [-0.39, 0.29) is 0 Å². The summed E-state index contributed by atoms with van der Waals surface area (Å²) in [5.74, 6) is 0.798. The molecule has 2 nitrogen and oxygen atoms in total. The molecule has 1 aromatic heterocycles. The fourth-order valence-corrected chi connectivity index (χ4v) is 4.90. The van der Waals surface area contributed by atoms with E-state index in [1.165, 1.54) is 55.4 Å². The van der Waals surface area contributed by atoms with E-state index in [0.29, 0.717) is 6.04 Å². The molecule has 1 fully saturated rings. The van der Waals surface area contributed by atoms with Crippen LogP contribution in [0.1, 0.15) is 36.6 Å². The molecule has 20 heavy (non-hydrogen) atoms. The fraction of sp³-hybridized carbons (Fsp3) is 0.444. The Labute approximate surface area is 119 Å². The highest BCUT2D eigenvalue weighted by Gasteiger charge is 2.42. The largest absolute Gasteiger partial charge is 0.316 e. The first kappa shape index (κ1) is 11.2. The van der Waals surface area contributed by atoms with Gasteiger partial charge in [0.25, 0.3) is 0 Å². The van der Waals surface area contributed by atoms with Crippen molar-refractivity contribution in [3.8, 4) is 0 Å². The van der Waals surface area contributed by atoms with Crippen LogP contribution in [0.4, 0.5) is 0 Å². The summed E-state index contributed by atoms with van der Waals surface area (Å²) in [5, 5.41) is 1.47. The van der Waals surface area contributed by atoms with Crippen LogP contribution in [0.3, 0.4) is 0 Å². The summed E-state index contributed by atoms with van der Waals surface area (Å²) < 4.78 is 2.49. The molecule has 0 unspecified atom stereocenters. The Balaban J connectivity index is 1.88. The molecular formula is C18H20N2. The van der Waals surface area contributed by atoms with Gasteiger partial charge in [0.1, 0.15) is 0 Å². The minimum Gasteiger partial charge on any atom is -0.316 e. The lowest BCUT2D eigenvalue weighted by atomic mass is 9.78. The van der Waals surface area contributed by atoms with Gasteiger partial charge in [-0.25, -0.2) is 0 Å². The number of hydrogen-bond donors (Lipinski definition) is 0. The Morgan fingerprint density at radius 3 is 3.00 bits per heavy atom. The molecule has 5 rings (SSSR count). The molecule has 0 radical (unpaired) electrons. The first-order valence-corrected chi connectivity index (χ1v) is 7.89. The van der Waals surface area contributed by atoms with E-state index in [2.05, 4.69) is 40.3 Å². The number of fused-ring (bicyclic) bond motifs is 3. The second-order valence-corrected chi connectivity index (χ2v) is 6.62. The van der Waals surface area contributed by atoms with Gasteiger partial charge in [0, 0.05) is 23.3 Å². The summed E-state index contributed by atoms with van der Waals surface area (Å²) in [7, 11) is 0. The summed E-state index contributed by atoms with van der Waals surface area (Å²) in [4.78, 5) is 2.73. The van der Waals surface area contributed by atoms with Gasteiger partial charge >= 0.3 is 0 Å². The zero-order valence-electron chi connectivity index (χ0n) is 11.8. The van der Waals surface area contributed by atoms with Gasteiger partial charge < -0.3 is 4.57 Å². The van der Waals surface area contributed by atoms with Gasteiger partial charge in [-0.05, 0) is 49.8 Å². The summed E-state index contributed by atoms with van der Waals surface area (Å²) in [6.07, 6.45) is 5.12. The molecule has 3 aliphatic rings. The molecule has 2 aromatic rings. The normalized spacial score (nSPS) is 28.7. The van der Waals surface area contributed by atoms with Crippen LogP contribution in [-0.4, -0.2) is 22.6 Å². The standard InChI is InChI=1S/C18H20N2/c1-12-11-13-5-4-9-19-10-8-15-14-6-2-3-7-16(14)20(12)18(15)17(13)19/h2-3,6-7,13,17H,1,4-5,8-11H2/t13-,17+/m0/s1. The van der Waals surface area contributed by atoms with E-state index in [9.17, 15) is 0 Å². The molecule has 102 valence electrons. The second-order valence-electron chi connectivity index (χ2n) is 6.62. The zero-order chi connectivity index (χ0) is 13.3. The molecular weight excluding hydrogens is 244 g/mol. The maximum atomic E-state index is 4.40. The Kier molecular flexibility index (Phi) is 2.10. The third kappa shape index (κ3) is 1.23. The van der Waals surface area contributed by atoms with Gasteiger partial charge in [-0.1, -0.05) is 24.8 Å². The van der Waals surface area contributed by atoms with E-state index < -0.39 is 0 Å². The Hall–Kier alpha value is -1.54. The average Bonchev–Trinajstić information content (AvgIpc) is 2.82. The van der Waals surface area contributed by atoms with Crippen molar-refractivity contribution in [3.05, 3.63) is 42.1 Å². The van der Waals surface area contributed by atoms with Crippen LogP contribution in [0, 0.1) is 5.92 Å². The highest BCUT2D eigenvalue weighted by Crippen LogP contribution is 2.50. The van der Waals surface area contributed by atoms with Crippen LogP contribution in [0.5, 0.6) is 0 Å². The van der Waals surface area contributed by atoms with Crippen molar-refractivity contribution in [2.24, 2.45) is 5.92 Å². The van der Waals surface area contributed by atoms with E-state index >= 15 is 0 Å². The first-order chi connectivity index (χ1) is 9.84. The van der Waals surface area contributed by atoms with Crippen LogP contribution in [0.2, 0.25) is 0 Å². The van der Waals surface area contributed by atoms with E-state index in [1.807, 2.05) is 0 Å². The molecule has 2 heteroatoms. The summed E-state index contributed by atoms with van der Waals surface area (Å²) >= 11 is 0.